The monoisotopic (exact) mass is 384 g/mol. The highest BCUT2D eigenvalue weighted by Gasteiger charge is 2.22. The third-order valence-corrected chi connectivity index (χ3v) is 4.56. The van der Waals surface area contributed by atoms with Gasteiger partial charge in [0.2, 0.25) is 5.91 Å². The van der Waals surface area contributed by atoms with Crippen LogP contribution in [-0.4, -0.2) is 73.1 Å². The first kappa shape index (κ1) is 20.2. The average Bonchev–Trinajstić information content (AvgIpc) is 2.66. The van der Waals surface area contributed by atoms with Crippen molar-refractivity contribution in [3.05, 3.63) is 22.5 Å². The lowest BCUT2D eigenvalue weighted by molar-refractivity contribution is -0.145. The molecule has 0 bridgehead atoms. The highest BCUT2D eigenvalue weighted by atomic mass is 32.2. The van der Waals surface area contributed by atoms with E-state index in [1.165, 1.54) is 13.2 Å². The molecule has 1 unspecified atom stereocenters. The maximum atomic E-state index is 12.3. The molecule has 0 aromatic carbocycles. The molecule has 1 atom stereocenters. The number of hydrogen-bond donors (Lipinski definition) is 1. The first-order chi connectivity index (χ1) is 12.5. The molecule has 144 valence electrons. The molecule has 2 heterocycles. The summed E-state index contributed by atoms with van der Waals surface area (Å²) >= 11 is 1.57. The second-order valence-electron chi connectivity index (χ2n) is 5.71. The molecular weight excluding hydrogens is 360 g/mol. The number of morpholine rings is 1. The maximum absolute atomic E-state index is 12.3. The van der Waals surface area contributed by atoms with Gasteiger partial charge in [-0.05, 0) is 24.5 Å². The number of rotatable bonds is 8. The van der Waals surface area contributed by atoms with E-state index in [0.29, 0.717) is 44.3 Å². The number of amides is 1. The Morgan fingerprint density at radius 3 is 2.77 bits per heavy atom. The largest absolute Gasteiger partial charge is 0.467 e. The topological polar surface area (TPSA) is 103 Å². The van der Waals surface area contributed by atoms with Crippen molar-refractivity contribution in [3.8, 4) is 0 Å². The quantitative estimate of drug-likeness (QED) is 0.598. The third-order valence-electron chi connectivity index (χ3n) is 3.91. The molecule has 1 aromatic heterocycles. The Bertz CT molecular complexity index is 675. The second kappa shape index (κ2) is 10.2. The number of ether oxygens (including phenoxy) is 2. The van der Waals surface area contributed by atoms with Gasteiger partial charge in [0.05, 0.1) is 20.3 Å². The number of carbonyl (C=O) groups is 2. The van der Waals surface area contributed by atoms with Gasteiger partial charge in [-0.2, -0.15) is 16.9 Å². The van der Waals surface area contributed by atoms with Gasteiger partial charge in [0.1, 0.15) is 18.4 Å². The van der Waals surface area contributed by atoms with Gasteiger partial charge < -0.3 is 19.7 Å². The van der Waals surface area contributed by atoms with Gasteiger partial charge in [0.15, 0.2) is 0 Å². The summed E-state index contributed by atoms with van der Waals surface area (Å²) in [4.78, 5) is 38.1. The smallest absolute Gasteiger partial charge is 0.328 e. The molecule has 1 saturated heterocycles. The van der Waals surface area contributed by atoms with E-state index >= 15 is 0 Å². The van der Waals surface area contributed by atoms with E-state index in [1.54, 1.807) is 17.8 Å². The Hall–Kier alpha value is -2.07. The first-order valence-electron chi connectivity index (χ1n) is 8.32. The van der Waals surface area contributed by atoms with E-state index in [4.69, 9.17) is 9.47 Å². The normalized spacial score (nSPS) is 15.4. The first-order valence-corrected chi connectivity index (χ1v) is 9.71. The maximum Gasteiger partial charge on any atom is 0.328 e. The summed E-state index contributed by atoms with van der Waals surface area (Å²) in [6.45, 7) is 2.28. The fraction of sp³-hybridized carbons (Fsp3) is 0.625. The Morgan fingerprint density at radius 2 is 2.12 bits per heavy atom. The summed E-state index contributed by atoms with van der Waals surface area (Å²) in [7, 11) is 1.28. The highest BCUT2D eigenvalue weighted by Crippen LogP contribution is 2.10. The van der Waals surface area contributed by atoms with E-state index in [1.807, 2.05) is 11.2 Å². The summed E-state index contributed by atoms with van der Waals surface area (Å²) < 4.78 is 11.1. The van der Waals surface area contributed by atoms with Gasteiger partial charge in [-0.25, -0.2) is 9.48 Å². The minimum atomic E-state index is -0.738. The van der Waals surface area contributed by atoms with E-state index in [-0.39, 0.29) is 12.1 Å². The summed E-state index contributed by atoms with van der Waals surface area (Å²) in [6, 6.07) is 2.28. The summed E-state index contributed by atoms with van der Waals surface area (Å²) in [5, 5.41) is 6.88. The van der Waals surface area contributed by atoms with Crippen molar-refractivity contribution in [3.63, 3.8) is 0 Å². The SMILES string of the molecule is COC(=O)C(CCSC)NC(=O)Cn1nc(N2CCOCC2)ccc1=O. The summed E-state index contributed by atoms with van der Waals surface area (Å²) in [5.74, 6) is 0.350. The Balaban J connectivity index is 2.04. The standard InChI is InChI=1S/C16H24N4O5S/c1-24-16(23)12(5-10-26-2)17-14(21)11-20-15(22)4-3-13(18-20)19-6-8-25-9-7-19/h3-4,12H,5-11H2,1-2H3,(H,17,21). The van der Waals surface area contributed by atoms with E-state index < -0.39 is 17.9 Å². The third kappa shape index (κ3) is 5.73. The van der Waals surface area contributed by atoms with Crippen molar-refractivity contribution in [1.82, 2.24) is 15.1 Å². The van der Waals surface area contributed by atoms with Gasteiger partial charge in [0, 0.05) is 19.2 Å². The van der Waals surface area contributed by atoms with Crippen LogP contribution in [0.5, 0.6) is 0 Å². The average molecular weight is 384 g/mol. The minimum Gasteiger partial charge on any atom is -0.467 e. The zero-order valence-corrected chi connectivity index (χ0v) is 15.8. The Labute approximate surface area is 156 Å². The van der Waals surface area contributed by atoms with Gasteiger partial charge in [-0.15, -0.1) is 0 Å². The van der Waals surface area contributed by atoms with Crippen LogP contribution in [0.2, 0.25) is 0 Å². The van der Waals surface area contributed by atoms with Gasteiger partial charge in [-0.3, -0.25) is 9.59 Å². The number of nitrogens with zero attached hydrogens (tertiary/aromatic N) is 3. The van der Waals surface area contributed by atoms with Gasteiger partial charge >= 0.3 is 5.97 Å². The molecular formula is C16H24N4O5S. The zero-order valence-electron chi connectivity index (χ0n) is 15.0. The fourth-order valence-electron chi connectivity index (χ4n) is 2.52. The molecule has 0 spiro atoms. The van der Waals surface area contributed by atoms with Crippen LogP contribution in [0.1, 0.15) is 6.42 Å². The summed E-state index contributed by atoms with van der Waals surface area (Å²) in [6.07, 6.45) is 2.37. The lowest BCUT2D eigenvalue weighted by Gasteiger charge is -2.27. The Morgan fingerprint density at radius 1 is 1.38 bits per heavy atom. The van der Waals surface area contributed by atoms with Crippen LogP contribution >= 0.6 is 11.8 Å². The molecule has 1 N–H and O–H groups in total. The van der Waals surface area contributed by atoms with Gasteiger partial charge in [0.25, 0.3) is 5.56 Å². The molecule has 1 aliphatic rings. The predicted octanol–water partition coefficient (Wildman–Crippen LogP) is -0.509. The fourth-order valence-corrected chi connectivity index (χ4v) is 2.99. The van der Waals surface area contributed by atoms with Gasteiger partial charge in [-0.1, -0.05) is 0 Å². The van der Waals surface area contributed by atoms with Crippen LogP contribution < -0.4 is 15.8 Å². The van der Waals surface area contributed by atoms with Crippen molar-refractivity contribution in [1.29, 1.82) is 0 Å². The second-order valence-corrected chi connectivity index (χ2v) is 6.70. The summed E-state index contributed by atoms with van der Waals surface area (Å²) in [5.41, 5.74) is -0.379. The Kier molecular flexibility index (Phi) is 7.92. The number of nitrogens with one attached hydrogen (secondary N) is 1. The molecule has 26 heavy (non-hydrogen) atoms. The molecule has 1 aliphatic heterocycles. The predicted molar refractivity (Wildman–Crippen MR) is 98.5 cm³/mol. The van der Waals surface area contributed by atoms with Crippen molar-refractivity contribution in [2.24, 2.45) is 0 Å². The van der Waals surface area contributed by atoms with Crippen LogP contribution in [0.4, 0.5) is 5.82 Å². The van der Waals surface area contributed by atoms with E-state index in [0.717, 1.165) is 4.68 Å². The minimum absolute atomic E-state index is 0.260. The van der Waals surface area contributed by atoms with Crippen LogP contribution in [0.15, 0.2) is 16.9 Å². The molecule has 0 saturated carbocycles. The number of hydrogen-bond acceptors (Lipinski definition) is 8. The van der Waals surface area contributed by atoms with Crippen molar-refractivity contribution < 1.29 is 19.1 Å². The molecule has 0 aliphatic carbocycles. The van der Waals surface area contributed by atoms with E-state index in [9.17, 15) is 14.4 Å². The van der Waals surface area contributed by atoms with E-state index in [2.05, 4.69) is 10.4 Å². The lowest BCUT2D eigenvalue weighted by atomic mass is 10.2. The number of carbonyl (C=O) groups excluding carboxylic acids is 2. The number of thioether (sulfide) groups is 1. The molecule has 0 radical (unpaired) electrons. The zero-order chi connectivity index (χ0) is 18.9. The number of aromatic nitrogens is 2. The molecule has 10 heteroatoms. The molecule has 1 amide bonds. The van der Waals surface area contributed by atoms with Crippen LogP contribution in [0.3, 0.4) is 0 Å². The molecule has 2 rings (SSSR count). The molecule has 9 nitrogen and oxygen atoms in total. The number of methoxy groups -OCH3 is 1. The highest BCUT2D eigenvalue weighted by molar-refractivity contribution is 7.98. The number of esters is 1. The number of anilines is 1. The van der Waals surface area contributed by atoms with Crippen molar-refractivity contribution >= 4 is 29.5 Å². The van der Waals surface area contributed by atoms with Crippen molar-refractivity contribution in [2.75, 3.05) is 50.3 Å². The lowest BCUT2D eigenvalue weighted by Crippen LogP contribution is -2.45. The van der Waals surface area contributed by atoms with Crippen molar-refractivity contribution in [2.45, 2.75) is 19.0 Å². The molecule has 1 fully saturated rings. The van der Waals surface area contributed by atoms with Crippen LogP contribution in [0, 0.1) is 0 Å². The van der Waals surface area contributed by atoms with Crippen LogP contribution in [-0.2, 0) is 25.6 Å². The molecule has 1 aromatic rings. The van der Waals surface area contributed by atoms with Crippen LogP contribution in [0.25, 0.3) is 0 Å².